The third-order valence-electron chi connectivity index (χ3n) is 7.85. The van der Waals surface area contributed by atoms with E-state index in [1.807, 2.05) is 19.9 Å². The van der Waals surface area contributed by atoms with E-state index in [9.17, 15) is 14.1 Å². The number of hydrogen-bond acceptors (Lipinski definition) is 6. The molecule has 3 heterocycles. The van der Waals surface area contributed by atoms with Gasteiger partial charge in [0.1, 0.15) is 41.3 Å². The Hall–Kier alpha value is -4.24. The number of amides is 1. The van der Waals surface area contributed by atoms with Crippen LogP contribution < -0.4 is 15.0 Å². The fourth-order valence-electron chi connectivity index (χ4n) is 5.90. The van der Waals surface area contributed by atoms with Crippen LogP contribution in [-0.2, 0) is 10.8 Å². The largest absolute Gasteiger partial charge is 0.506 e. The molecule has 3 aromatic rings. The van der Waals surface area contributed by atoms with Crippen LogP contribution in [0.15, 0.2) is 89.0 Å². The molecule has 0 saturated carbocycles. The number of ether oxygens (including phenoxy) is 1. The average molecular weight is 600 g/mol. The smallest absolute Gasteiger partial charge is 0.277 e. The molecule has 2 aliphatic heterocycles. The van der Waals surface area contributed by atoms with Gasteiger partial charge in [0.2, 0.25) is 0 Å². The number of aryl methyl sites for hydroxylation is 1. The predicted molar refractivity (Wildman–Crippen MR) is 167 cm³/mol. The van der Waals surface area contributed by atoms with Crippen molar-refractivity contribution in [1.29, 1.82) is 0 Å². The number of carbonyl (C=O) groups is 1. The van der Waals surface area contributed by atoms with Crippen LogP contribution in [0.1, 0.15) is 60.9 Å². The number of nitrogens with one attached hydrogen (secondary N) is 1. The van der Waals surface area contributed by atoms with Gasteiger partial charge in [-0.05, 0) is 73.6 Å². The first-order chi connectivity index (χ1) is 20.6. The van der Waals surface area contributed by atoms with E-state index < -0.39 is 28.6 Å². The van der Waals surface area contributed by atoms with Gasteiger partial charge in [0.05, 0.1) is 21.4 Å². The van der Waals surface area contributed by atoms with Crippen LogP contribution in [0.3, 0.4) is 0 Å². The molecule has 1 aromatic heterocycles. The zero-order valence-corrected chi connectivity index (χ0v) is 25.2. The van der Waals surface area contributed by atoms with Crippen LogP contribution in [0.25, 0.3) is 0 Å². The summed E-state index contributed by atoms with van der Waals surface area (Å²) in [5.41, 5.74) is 2.89. The van der Waals surface area contributed by atoms with E-state index in [0.717, 1.165) is 18.4 Å². The Kier molecular flexibility index (Phi) is 7.68. The molecule has 0 radical (unpaired) electrons. The highest BCUT2D eigenvalue weighted by Crippen LogP contribution is 2.51. The highest BCUT2D eigenvalue weighted by molar-refractivity contribution is 7.89. The van der Waals surface area contributed by atoms with Crippen molar-refractivity contribution in [3.8, 4) is 11.5 Å². The Bertz CT molecular complexity index is 1730. The first-order valence-electron chi connectivity index (χ1n) is 14.4. The molecule has 0 spiro atoms. The minimum atomic E-state index is -1.57. The van der Waals surface area contributed by atoms with Gasteiger partial charge in [0.15, 0.2) is 0 Å². The number of para-hydroxylation sites is 1. The van der Waals surface area contributed by atoms with Crippen molar-refractivity contribution in [2.24, 2.45) is 5.41 Å². The number of phenolic OH excluding ortho intramolecular Hbond substituents is 1. The number of rotatable bonds is 5. The molecular formula is C34H34FN3O4S. The number of aromatic nitrogens is 1. The molecule has 2 unspecified atom stereocenters. The van der Waals surface area contributed by atoms with Crippen molar-refractivity contribution in [3.05, 3.63) is 112 Å². The quantitative estimate of drug-likeness (QED) is 0.304. The number of carbonyl (C=O) groups excluding carboxylic acids is 1. The van der Waals surface area contributed by atoms with Crippen molar-refractivity contribution in [1.82, 2.24) is 4.98 Å². The molecule has 222 valence electrons. The third kappa shape index (κ3) is 5.73. The lowest BCUT2D eigenvalue weighted by atomic mass is 9.88. The standard InChI is InChI=1S/C34H34FN3O4S/c1-21-9-7-12-26(36-21)33(40)38-28-13-8-14-29(39)30(28)37-27-18-34(2,3)20-43(41)32(27)31(38)24-16-15-23(17-25(24)35)42-19-22-10-5-4-6-11-22/h5,7-17,31,37,39H,4,6,18-20H2,1-3H3. The lowest BCUT2D eigenvalue weighted by molar-refractivity contribution is 0.0975. The molecule has 43 heavy (non-hydrogen) atoms. The minimum absolute atomic E-state index is 0.0792. The molecule has 1 aliphatic carbocycles. The SMILES string of the molecule is Cc1cccc(C(=O)N2c3cccc(O)c3NC3=C(C2c2ccc(OCC4=CCCC=C4)cc2F)S(=O)CC(C)(C)C3)n1. The molecule has 1 amide bonds. The molecule has 0 bridgehead atoms. The summed E-state index contributed by atoms with van der Waals surface area (Å²) in [6, 6.07) is 13.5. The van der Waals surface area contributed by atoms with Crippen LogP contribution >= 0.6 is 0 Å². The Balaban J connectivity index is 1.52. The first-order valence-corrected chi connectivity index (χ1v) is 15.7. The van der Waals surface area contributed by atoms with Crippen LogP contribution in [0.5, 0.6) is 11.5 Å². The molecule has 3 aliphatic rings. The second-order valence-corrected chi connectivity index (χ2v) is 13.4. The Morgan fingerprint density at radius 3 is 2.74 bits per heavy atom. The number of phenols is 1. The average Bonchev–Trinajstić information content (AvgIpc) is 3.11. The maximum absolute atomic E-state index is 16.3. The van der Waals surface area contributed by atoms with Gasteiger partial charge in [0, 0.05) is 28.8 Å². The summed E-state index contributed by atoms with van der Waals surface area (Å²) < 4.78 is 36.3. The molecule has 6 rings (SSSR count). The summed E-state index contributed by atoms with van der Waals surface area (Å²) in [6.45, 7) is 6.14. The molecule has 9 heteroatoms. The third-order valence-corrected chi connectivity index (χ3v) is 9.86. The molecule has 2 N–H and O–H groups in total. The van der Waals surface area contributed by atoms with E-state index in [-0.39, 0.29) is 22.4 Å². The zero-order valence-electron chi connectivity index (χ0n) is 24.4. The van der Waals surface area contributed by atoms with E-state index in [1.54, 1.807) is 49.4 Å². The second-order valence-electron chi connectivity index (χ2n) is 11.9. The van der Waals surface area contributed by atoms with Crippen LogP contribution in [0.2, 0.25) is 0 Å². The van der Waals surface area contributed by atoms with E-state index in [1.165, 1.54) is 17.0 Å². The lowest BCUT2D eigenvalue weighted by Gasteiger charge is -2.37. The molecule has 2 atom stereocenters. The lowest BCUT2D eigenvalue weighted by Crippen LogP contribution is -2.40. The number of hydrogen-bond donors (Lipinski definition) is 2. The van der Waals surface area contributed by atoms with Gasteiger partial charge in [-0.25, -0.2) is 9.37 Å². The molecular weight excluding hydrogens is 565 g/mol. The fraction of sp³-hybridized carbons (Fsp3) is 0.294. The topological polar surface area (TPSA) is 91.8 Å². The van der Waals surface area contributed by atoms with Crippen LogP contribution in [-0.4, -0.2) is 32.6 Å². The van der Waals surface area contributed by atoms with Crippen molar-refractivity contribution in [2.75, 3.05) is 22.6 Å². The summed E-state index contributed by atoms with van der Waals surface area (Å²) in [5.74, 6) is -0.493. The summed E-state index contributed by atoms with van der Waals surface area (Å²) in [5, 5.41) is 14.3. The van der Waals surface area contributed by atoms with E-state index >= 15 is 4.39 Å². The molecule has 7 nitrogen and oxygen atoms in total. The highest BCUT2D eigenvalue weighted by atomic mass is 32.2. The van der Waals surface area contributed by atoms with E-state index in [2.05, 4.69) is 22.5 Å². The number of aromatic hydroxyl groups is 1. The normalized spacial score (nSPS) is 20.8. The highest BCUT2D eigenvalue weighted by Gasteiger charge is 2.44. The molecule has 0 fully saturated rings. The molecule has 2 aromatic carbocycles. The van der Waals surface area contributed by atoms with Gasteiger partial charge < -0.3 is 15.2 Å². The van der Waals surface area contributed by atoms with Gasteiger partial charge in [-0.3, -0.25) is 13.9 Å². The maximum Gasteiger partial charge on any atom is 0.277 e. The maximum atomic E-state index is 16.3. The van der Waals surface area contributed by atoms with Gasteiger partial charge >= 0.3 is 0 Å². The van der Waals surface area contributed by atoms with Gasteiger partial charge in [-0.1, -0.05) is 44.2 Å². The van der Waals surface area contributed by atoms with E-state index in [0.29, 0.717) is 52.2 Å². The zero-order chi connectivity index (χ0) is 30.3. The molecule has 0 saturated heterocycles. The Morgan fingerprint density at radius 2 is 2.00 bits per heavy atom. The van der Waals surface area contributed by atoms with Gasteiger partial charge in [0.25, 0.3) is 5.91 Å². The Morgan fingerprint density at radius 1 is 1.19 bits per heavy atom. The number of pyridine rings is 1. The van der Waals surface area contributed by atoms with Crippen LogP contribution in [0.4, 0.5) is 15.8 Å². The summed E-state index contributed by atoms with van der Waals surface area (Å²) >= 11 is 0. The summed E-state index contributed by atoms with van der Waals surface area (Å²) in [7, 11) is -1.57. The first kappa shape index (κ1) is 28.9. The summed E-state index contributed by atoms with van der Waals surface area (Å²) in [6.07, 6.45) is 8.63. The number of nitrogens with zero attached hydrogens (tertiary/aromatic N) is 2. The monoisotopic (exact) mass is 599 g/mol. The summed E-state index contributed by atoms with van der Waals surface area (Å²) in [4.78, 5) is 20.7. The Labute approximate surface area is 253 Å². The van der Waals surface area contributed by atoms with Gasteiger partial charge in [-0.2, -0.15) is 0 Å². The van der Waals surface area contributed by atoms with Gasteiger partial charge in [-0.15, -0.1) is 0 Å². The van der Waals surface area contributed by atoms with Crippen molar-refractivity contribution in [3.63, 3.8) is 0 Å². The van der Waals surface area contributed by atoms with E-state index in [4.69, 9.17) is 4.74 Å². The predicted octanol–water partition coefficient (Wildman–Crippen LogP) is 7.09. The number of benzene rings is 2. The number of anilines is 2. The minimum Gasteiger partial charge on any atom is -0.506 e. The second kappa shape index (κ2) is 11.4. The van der Waals surface area contributed by atoms with Crippen LogP contribution in [0, 0.1) is 18.2 Å². The number of allylic oxidation sites excluding steroid dienone is 3. The number of fused-ring (bicyclic) bond motifs is 1. The van der Waals surface area contributed by atoms with Crippen molar-refractivity contribution < 1.29 is 23.2 Å². The fourth-order valence-corrected chi connectivity index (χ4v) is 7.75. The number of halogens is 1. The van der Waals surface area contributed by atoms with Crippen molar-refractivity contribution in [2.45, 2.75) is 46.1 Å². The van der Waals surface area contributed by atoms with Crippen molar-refractivity contribution >= 4 is 28.1 Å².